The Labute approximate surface area is 551 Å². The zero-order valence-corrected chi connectivity index (χ0v) is 54.1. The van der Waals surface area contributed by atoms with Crippen LogP contribution in [0.15, 0.2) is 79.8 Å². The summed E-state index contributed by atoms with van der Waals surface area (Å²) >= 11 is 34.6. The minimum absolute atomic E-state index is 0.0169. The lowest BCUT2D eigenvalue weighted by Gasteiger charge is -2.63. The second kappa shape index (κ2) is 24.5. The summed E-state index contributed by atoms with van der Waals surface area (Å²) in [6, 6.07) is 12.0. The third kappa shape index (κ3) is 14.2. The first-order valence-corrected chi connectivity index (χ1v) is 31.1. The molecule has 0 radical (unpaired) electrons. The largest absolute Gasteiger partial charge is 0.507 e. The molecule has 6 aromatic rings. The predicted molar refractivity (Wildman–Crippen MR) is 323 cm³/mol. The lowest BCUT2D eigenvalue weighted by molar-refractivity contribution is -0.194. The van der Waals surface area contributed by atoms with Crippen molar-refractivity contribution in [3.63, 3.8) is 0 Å². The van der Waals surface area contributed by atoms with E-state index in [4.69, 9.17) is 60.6 Å². The average Bonchev–Trinajstić information content (AvgIpc) is 0.704. The number of aromatic hydroxyl groups is 1. The van der Waals surface area contributed by atoms with Crippen LogP contribution in [-0.4, -0.2) is 102 Å². The molecular weight excluding hydrogens is 1510 g/mol. The minimum atomic E-state index is -3.28. The van der Waals surface area contributed by atoms with Crippen LogP contribution in [0.2, 0.25) is 20.1 Å². The number of benzene rings is 4. The maximum atomic E-state index is 15.5. The number of H-pyrrole nitrogens is 2. The quantitative estimate of drug-likeness (QED) is 0.0536. The van der Waals surface area contributed by atoms with Crippen molar-refractivity contribution in [2.24, 2.45) is 0 Å². The second-order valence-corrected chi connectivity index (χ2v) is 31.7. The maximum Gasteiger partial charge on any atom is 0.369 e. The van der Waals surface area contributed by atoms with Crippen molar-refractivity contribution in [3.05, 3.63) is 145 Å². The Morgan fingerprint density at radius 2 is 0.857 bits per heavy atom. The van der Waals surface area contributed by atoms with Gasteiger partial charge >= 0.3 is 14.6 Å². The Morgan fingerprint density at radius 3 is 1.18 bits per heavy atom. The number of rotatable bonds is 13. The molecule has 0 spiro atoms. The van der Waals surface area contributed by atoms with Crippen molar-refractivity contribution in [1.82, 2.24) is 40.2 Å². The summed E-state index contributed by atoms with van der Waals surface area (Å²) in [5.41, 5.74) is -23.6. The van der Waals surface area contributed by atoms with Gasteiger partial charge in [0.2, 0.25) is 0 Å². The van der Waals surface area contributed by atoms with Gasteiger partial charge in [0.1, 0.15) is 57.0 Å². The van der Waals surface area contributed by atoms with Gasteiger partial charge < -0.3 is 30.0 Å². The molecule has 8 bridgehead atoms. The van der Waals surface area contributed by atoms with Crippen LogP contribution in [0, 0.1) is 0 Å². The number of carbonyl (C=O) groups is 2. The summed E-state index contributed by atoms with van der Waals surface area (Å²) in [5.74, 6) is -2.50. The standard InChI is InChI=1S/C28H23Cl2F5N4O5.C27H21Cl2F5N4O5.BBr3/c1-43-18-3-2-14(6-15(18)22(40)37-28-10-25(33)7-26(34,11-28)9-27(35,8-25)12-28)44-20-16(29)4-13(5-17(20)30)39-24(42)36-23(41)19(38-39)21(31)32;28-15-3-12(38-23(42)35-22(41)18(37-38)20(30)31)4-16(29)19(15)43-13-1-2-17(39)14(5-13)21(40)36-27-9-24(32)6-25(33,10-27)8-26(34,7-24)11-27;2-1(3)4/h2-6,21H,7-12H2,1H3,(H,37,40)(H,36,41,42);1-5,20,39H,6-11H2,(H,36,40)(H,35,41,42);. The van der Waals surface area contributed by atoms with E-state index >= 15 is 26.3 Å². The predicted octanol–water partition coefficient (Wildman–Crippen LogP) is 13.7. The number of halogens is 17. The summed E-state index contributed by atoms with van der Waals surface area (Å²) in [4.78, 5) is 77.9. The molecule has 36 heteroatoms. The van der Waals surface area contributed by atoms with Gasteiger partial charge in [0, 0.05) is 88.1 Å². The number of ether oxygens (including phenoxy) is 3. The van der Waals surface area contributed by atoms with E-state index in [2.05, 4.69) is 68.1 Å². The number of alkyl halides is 10. The fourth-order valence-electron chi connectivity index (χ4n) is 14.3. The van der Waals surface area contributed by atoms with E-state index < -0.39 is 148 Å². The van der Waals surface area contributed by atoms with Crippen LogP contribution >= 0.6 is 93.7 Å². The zero-order valence-electron chi connectivity index (χ0n) is 46.3. The highest BCUT2D eigenvalue weighted by molar-refractivity contribution is 9.69. The van der Waals surface area contributed by atoms with Crippen LogP contribution in [0.1, 0.15) is 122 Å². The van der Waals surface area contributed by atoms with Crippen molar-refractivity contribution < 1.29 is 72.8 Å². The Morgan fingerprint density at radius 1 is 0.549 bits per heavy atom. The number of aromatic nitrogens is 6. The van der Waals surface area contributed by atoms with E-state index in [0.29, 0.717) is 9.36 Å². The molecule has 8 aliphatic rings. The molecule has 91 heavy (non-hydrogen) atoms. The lowest BCUT2D eigenvalue weighted by atomic mass is 9.49. The second-order valence-electron chi connectivity index (χ2n) is 23.7. The molecule has 0 saturated heterocycles. The number of aromatic amines is 2. The summed E-state index contributed by atoms with van der Waals surface area (Å²) in [5, 5.41) is 21.6. The smallest absolute Gasteiger partial charge is 0.369 e. The van der Waals surface area contributed by atoms with Crippen molar-refractivity contribution in [2.45, 2.75) is 135 Å². The Kier molecular flexibility index (Phi) is 18.3. The first-order chi connectivity index (χ1) is 42.3. The third-order valence-corrected chi connectivity index (χ3v) is 17.3. The SMILES string of the molecule is BrB(Br)Br.COc1ccc(Oc2c(Cl)cc(-n3nc(C(F)F)c(=O)[nH]c3=O)cc2Cl)cc1C(=O)NC12CC3(F)CC(F)(CC(F)(C3)C1)C2.O=C(NC12CC3(F)CC(F)(CC(F)(C3)C1)C2)c1cc(Oc2c(Cl)cc(-n3nc(C(F)F)c(=O)[nH]c3=O)cc2Cl)ccc1O. The van der Waals surface area contributed by atoms with Crippen LogP contribution in [0.5, 0.6) is 34.5 Å². The molecular formula is C55H44BBr3Cl4F10N8O10. The average molecular weight is 1560 g/mol. The highest BCUT2D eigenvalue weighted by atomic mass is 79.9. The van der Waals surface area contributed by atoms with E-state index in [0.717, 1.165) is 36.4 Å². The fourth-order valence-corrected chi connectivity index (χ4v) is 15.4. The number of hydrogen-bond acceptors (Lipinski definition) is 12. The molecule has 0 aliphatic heterocycles. The van der Waals surface area contributed by atoms with Crippen molar-refractivity contribution in [1.29, 1.82) is 0 Å². The van der Waals surface area contributed by atoms with Crippen LogP contribution < -0.4 is 47.3 Å². The highest BCUT2D eigenvalue weighted by Crippen LogP contribution is 2.66. The molecule has 18 nitrogen and oxygen atoms in total. The highest BCUT2D eigenvalue weighted by Gasteiger charge is 2.72. The van der Waals surface area contributed by atoms with E-state index in [1.807, 2.05) is 0 Å². The number of nitrogens with one attached hydrogen (secondary N) is 4. The third-order valence-electron chi connectivity index (χ3n) is 16.1. The summed E-state index contributed by atoms with van der Waals surface area (Å²) < 4.78 is 163. The van der Waals surface area contributed by atoms with E-state index in [1.165, 1.54) is 31.4 Å². The van der Waals surface area contributed by atoms with Gasteiger partial charge in [0.25, 0.3) is 35.8 Å². The Hall–Kier alpha value is -5.80. The van der Waals surface area contributed by atoms with Gasteiger partial charge in [-0.25, -0.2) is 53.5 Å². The number of hydrogen-bond donors (Lipinski definition) is 5. The molecule has 14 rings (SSSR count). The monoisotopic (exact) mass is 1550 g/mol. The number of methoxy groups -OCH3 is 1. The van der Waals surface area contributed by atoms with Gasteiger partial charge in [-0.15, -0.1) is 47.3 Å². The summed E-state index contributed by atoms with van der Waals surface area (Å²) in [6.45, 7) is 0. The topological polar surface area (TPSA) is 242 Å². The van der Waals surface area contributed by atoms with E-state index in [-0.39, 0.29) is 113 Å². The normalized spacial score (nSPS) is 28.0. The molecule has 8 saturated carbocycles. The molecule has 8 fully saturated rings. The number of carbonyl (C=O) groups excluding carboxylic acids is 2. The molecule has 0 unspecified atom stereocenters. The van der Waals surface area contributed by atoms with Crippen LogP contribution in [0.25, 0.3) is 11.4 Å². The number of amides is 2. The Balaban J connectivity index is 0.000000189. The fraction of sp³-hybridized carbons (Fsp3) is 0.418. The van der Waals surface area contributed by atoms with Crippen LogP contribution in [0.3, 0.4) is 0 Å². The molecule has 2 aromatic heterocycles. The number of phenols is 1. The van der Waals surface area contributed by atoms with Gasteiger partial charge in [-0.05, 0) is 60.7 Å². The molecule has 0 atom stereocenters. The van der Waals surface area contributed by atoms with Gasteiger partial charge in [-0.2, -0.15) is 19.6 Å². The van der Waals surface area contributed by atoms with Gasteiger partial charge in [-0.3, -0.25) is 29.1 Å². The summed E-state index contributed by atoms with van der Waals surface area (Å²) in [6.07, 6.45) is -10.5. The first kappa shape index (κ1) is 68.1. The molecule has 4 aromatic carbocycles. The molecule has 2 amide bonds. The van der Waals surface area contributed by atoms with E-state index in [9.17, 15) is 51.4 Å². The maximum absolute atomic E-state index is 15.5. The van der Waals surface area contributed by atoms with Crippen molar-refractivity contribution in [2.75, 3.05) is 7.11 Å². The van der Waals surface area contributed by atoms with Crippen LogP contribution in [-0.2, 0) is 0 Å². The number of nitrogens with zero attached hydrogens (tertiary/aromatic N) is 4. The molecule has 5 N–H and O–H groups in total. The minimum Gasteiger partial charge on any atom is -0.507 e. The Bertz CT molecular complexity index is 4060. The lowest BCUT2D eigenvalue weighted by Crippen LogP contribution is -2.72. The van der Waals surface area contributed by atoms with Crippen molar-refractivity contribution >= 4 is 109 Å². The van der Waals surface area contributed by atoms with Gasteiger partial charge in [0.15, 0.2) is 22.9 Å². The van der Waals surface area contributed by atoms with Crippen molar-refractivity contribution in [3.8, 4) is 45.9 Å². The first-order valence-electron chi connectivity index (χ1n) is 26.9. The molecule has 2 heterocycles. The molecule has 8 aliphatic carbocycles. The van der Waals surface area contributed by atoms with Crippen LogP contribution in [0.4, 0.5) is 43.9 Å². The van der Waals surface area contributed by atoms with Gasteiger partial charge in [0.05, 0.1) is 49.7 Å². The number of phenolic OH excluding ortho intramolecular Hbond substituents is 1. The van der Waals surface area contributed by atoms with Gasteiger partial charge in [-0.1, -0.05) is 46.4 Å². The van der Waals surface area contributed by atoms with E-state index in [1.54, 1.807) is 9.97 Å². The summed E-state index contributed by atoms with van der Waals surface area (Å²) in [7, 11) is 1.31. The zero-order chi connectivity index (χ0) is 66.5. The molecule has 486 valence electrons.